The van der Waals surface area contributed by atoms with Gasteiger partial charge in [0.25, 0.3) is 0 Å². The number of pyridine rings is 1. The number of hydrogen-bond donors (Lipinski definition) is 1. The molecule has 110 valence electrons. The van der Waals surface area contributed by atoms with Crippen LogP contribution in [0.5, 0.6) is 5.75 Å². The quantitative estimate of drug-likeness (QED) is 0.914. The third-order valence-electron chi connectivity index (χ3n) is 5.44. The van der Waals surface area contributed by atoms with Gasteiger partial charge in [0, 0.05) is 12.2 Å². The fourth-order valence-electron chi connectivity index (χ4n) is 4.24. The molecular weight excluding hydrogens is 248 g/mol. The summed E-state index contributed by atoms with van der Waals surface area (Å²) in [7, 11) is 1.68. The average molecular weight is 274 g/mol. The predicted octanol–water partition coefficient (Wildman–Crippen LogP) is 3.70. The maximum atomic E-state index is 6.52. The lowest BCUT2D eigenvalue weighted by atomic mass is 9.65. The van der Waals surface area contributed by atoms with E-state index >= 15 is 0 Å². The molecule has 2 fully saturated rings. The van der Waals surface area contributed by atoms with Crippen LogP contribution in [-0.4, -0.2) is 12.1 Å². The average Bonchev–Trinajstić information content (AvgIpc) is 2.53. The Morgan fingerprint density at radius 2 is 1.95 bits per heavy atom. The van der Waals surface area contributed by atoms with Crippen molar-refractivity contribution in [3.8, 4) is 5.75 Å². The molecule has 0 radical (unpaired) electrons. The zero-order valence-corrected chi connectivity index (χ0v) is 12.4. The van der Waals surface area contributed by atoms with Crippen molar-refractivity contribution in [2.45, 2.75) is 51.0 Å². The first kappa shape index (κ1) is 13.9. The van der Waals surface area contributed by atoms with Crippen molar-refractivity contribution >= 4 is 0 Å². The molecule has 0 spiro atoms. The van der Waals surface area contributed by atoms with Gasteiger partial charge < -0.3 is 10.5 Å². The van der Waals surface area contributed by atoms with Gasteiger partial charge in [-0.15, -0.1) is 0 Å². The van der Waals surface area contributed by atoms with E-state index in [4.69, 9.17) is 10.5 Å². The minimum atomic E-state index is 0.112. The summed E-state index contributed by atoms with van der Waals surface area (Å²) in [6.45, 7) is 0. The first-order valence-corrected chi connectivity index (χ1v) is 8.02. The molecular formula is C17H26N2O. The van der Waals surface area contributed by atoms with Crippen LogP contribution in [0.2, 0.25) is 0 Å². The first-order valence-electron chi connectivity index (χ1n) is 8.02. The summed E-state index contributed by atoms with van der Waals surface area (Å²) >= 11 is 0. The fraction of sp³-hybridized carbons (Fsp3) is 0.706. The Hall–Kier alpha value is -1.09. The van der Waals surface area contributed by atoms with E-state index in [0.717, 1.165) is 23.1 Å². The summed E-state index contributed by atoms with van der Waals surface area (Å²) in [4.78, 5) is 4.25. The Bertz CT molecular complexity index is 448. The van der Waals surface area contributed by atoms with Crippen LogP contribution in [0.25, 0.3) is 0 Å². The van der Waals surface area contributed by atoms with Crippen molar-refractivity contribution in [3.63, 3.8) is 0 Å². The smallest absolute Gasteiger partial charge is 0.137 e. The predicted molar refractivity (Wildman–Crippen MR) is 80.5 cm³/mol. The van der Waals surface area contributed by atoms with Crippen LogP contribution in [0.15, 0.2) is 18.5 Å². The molecule has 2 N–H and O–H groups in total. The molecule has 3 rings (SSSR count). The van der Waals surface area contributed by atoms with E-state index in [1.165, 1.54) is 44.9 Å². The van der Waals surface area contributed by atoms with Gasteiger partial charge in [0.15, 0.2) is 0 Å². The lowest BCUT2D eigenvalue weighted by molar-refractivity contribution is 0.117. The molecule has 4 unspecified atom stereocenters. The van der Waals surface area contributed by atoms with Gasteiger partial charge in [0.2, 0.25) is 0 Å². The lowest BCUT2D eigenvalue weighted by Gasteiger charge is -2.41. The van der Waals surface area contributed by atoms with Crippen LogP contribution in [0.1, 0.15) is 56.6 Å². The minimum absolute atomic E-state index is 0.112. The molecule has 2 saturated carbocycles. The molecule has 1 aromatic heterocycles. The first-order chi connectivity index (χ1) is 9.78. The summed E-state index contributed by atoms with van der Waals surface area (Å²) in [6.07, 6.45) is 13.3. The van der Waals surface area contributed by atoms with Crippen molar-refractivity contribution in [2.24, 2.45) is 23.5 Å². The molecule has 4 atom stereocenters. The number of ether oxygens (including phenoxy) is 1. The molecule has 0 aliphatic heterocycles. The van der Waals surface area contributed by atoms with E-state index in [1.54, 1.807) is 13.3 Å². The van der Waals surface area contributed by atoms with Crippen LogP contribution in [0.4, 0.5) is 0 Å². The molecule has 0 amide bonds. The monoisotopic (exact) mass is 274 g/mol. The zero-order chi connectivity index (χ0) is 13.9. The van der Waals surface area contributed by atoms with Gasteiger partial charge in [-0.25, -0.2) is 0 Å². The number of nitrogens with two attached hydrogens (primary N) is 1. The maximum Gasteiger partial charge on any atom is 0.137 e. The maximum absolute atomic E-state index is 6.52. The van der Waals surface area contributed by atoms with E-state index in [2.05, 4.69) is 4.98 Å². The van der Waals surface area contributed by atoms with Gasteiger partial charge in [-0.2, -0.15) is 0 Å². The number of methoxy groups -OCH3 is 1. The van der Waals surface area contributed by atoms with E-state index in [-0.39, 0.29) is 6.04 Å². The molecule has 2 aliphatic rings. The van der Waals surface area contributed by atoms with Crippen LogP contribution >= 0.6 is 0 Å². The zero-order valence-electron chi connectivity index (χ0n) is 12.4. The molecule has 1 aromatic rings. The summed E-state index contributed by atoms with van der Waals surface area (Å²) in [6, 6.07) is 2.16. The summed E-state index contributed by atoms with van der Waals surface area (Å²) in [5.74, 6) is 3.33. The highest BCUT2D eigenvalue weighted by molar-refractivity contribution is 5.26. The molecule has 3 heteroatoms. The second kappa shape index (κ2) is 6.13. The standard InChI is InChI=1S/C17H26N2O/c1-20-16-9-15(10-19-11-16)17(18)14-7-6-12-4-2-3-5-13(12)8-14/h9-14,17H,2-8,18H2,1H3. The molecule has 2 aliphatic carbocycles. The van der Waals surface area contributed by atoms with Gasteiger partial charge in [-0.3, -0.25) is 4.98 Å². The van der Waals surface area contributed by atoms with Crippen molar-refractivity contribution in [1.29, 1.82) is 0 Å². The van der Waals surface area contributed by atoms with Crippen molar-refractivity contribution in [3.05, 3.63) is 24.0 Å². The number of hydrogen-bond acceptors (Lipinski definition) is 3. The largest absolute Gasteiger partial charge is 0.495 e. The Morgan fingerprint density at radius 3 is 2.75 bits per heavy atom. The van der Waals surface area contributed by atoms with Crippen molar-refractivity contribution < 1.29 is 4.74 Å². The number of rotatable bonds is 3. The van der Waals surface area contributed by atoms with Crippen LogP contribution in [0.3, 0.4) is 0 Å². The minimum Gasteiger partial charge on any atom is -0.495 e. The lowest BCUT2D eigenvalue weighted by Crippen LogP contribution is -2.33. The molecule has 0 saturated heterocycles. The third-order valence-corrected chi connectivity index (χ3v) is 5.44. The Kier molecular flexibility index (Phi) is 4.25. The number of aromatic nitrogens is 1. The number of fused-ring (bicyclic) bond motifs is 1. The summed E-state index contributed by atoms with van der Waals surface area (Å²) in [5, 5.41) is 0. The van der Waals surface area contributed by atoms with Crippen LogP contribution in [0, 0.1) is 17.8 Å². The highest BCUT2D eigenvalue weighted by atomic mass is 16.5. The second-order valence-corrected chi connectivity index (χ2v) is 6.56. The topological polar surface area (TPSA) is 48.1 Å². The Labute approximate surface area is 121 Å². The van der Waals surface area contributed by atoms with Gasteiger partial charge in [-0.05, 0) is 48.6 Å². The number of nitrogens with zero attached hydrogens (tertiary/aromatic N) is 1. The summed E-state index contributed by atoms with van der Waals surface area (Å²) in [5.41, 5.74) is 7.65. The highest BCUT2D eigenvalue weighted by Gasteiger charge is 2.34. The normalized spacial score (nSPS) is 31.4. The van der Waals surface area contributed by atoms with E-state index in [0.29, 0.717) is 5.92 Å². The van der Waals surface area contributed by atoms with Gasteiger partial charge in [0.05, 0.1) is 13.3 Å². The fourth-order valence-corrected chi connectivity index (χ4v) is 4.24. The molecule has 20 heavy (non-hydrogen) atoms. The van der Waals surface area contributed by atoms with E-state index in [9.17, 15) is 0 Å². The van der Waals surface area contributed by atoms with Crippen molar-refractivity contribution in [2.75, 3.05) is 7.11 Å². The molecule has 1 heterocycles. The van der Waals surface area contributed by atoms with Gasteiger partial charge in [-0.1, -0.05) is 25.7 Å². The molecule has 3 nitrogen and oxygen atoms in total. The third kappa shape index (κ3) is 2.83. The summed E-state index contributed by atoms with van der Waals surface area (Å²) < 4.78 is 5.26. The Morgan fingerprint density at radius 1 is 1.15 bits per heavy atom. The van der Waals surface area contributed by atoms with Crippen LogP contribution < -0.4 is 10.5 Å². The van der Waals surface area contributed by atoms with E-state index in [1.807, 2.05) is 12.3 Å². The Balaban J connectivity index is 1.69. The highest BCUT2D eigenvalue weighted by Crippen LogP contribution is 2.45. The van der Waals surface area contributed by atoms with Crippen molar-refractivity contribution in [1.82, 2.24) is 4.98 Å². The SMILES string of the molecule is COc1cncc(C(N)C2CCC3CCCCC3C2)c1. The molecule has 0 aromatic carbocycles. The molecule has 0 bridgehead atoms. The van der Waals surface area contributed by atoms with Crippen LogP contribution in [-0.2, 0) is 0 Å². The van der Waals surface area contributed by atoms with E-state index < -0.39 is 0 Å². The van der Waals surface area contributed by atoms with Gasteiger partial charge in [0.1, 0.15) is 5.75 Å². The van der Waals surface area contributed by atoms with Gasteiger partial charge >= 0.3 is 0 Å². The second-order valence-electron chi connectivity index (χ2n) is 6.56.